The van der Waals surface area contributed by atoms with Gasteiger partial charge in [-0.3, -0.25) is 14.4 Å². The average molecular weight is 310 g/mol. The normalized spacial score (nSPS) is 17.8. The summed E-state index contributed by atoms with van der Waals surface area (Å²) in [5.74, 6) is -0.707. The van der Waals surface area contributed by atoms with Crippen molar-refractivity contribution in [3.05, 3.63) is 28.8 Å². The van der Waals surface area contributed by atoms with Crippen molar-refractivity contribution in [1.82, 2.24) is 10.2 Å². The fraction of sp³-hybridized carbons (Fsp3) is 0.357. The molecule has 6 nitrogen and oxygen atoms in total. The summed E-state index contributed by atoms with van der Waals surface area (Å²) in [5.41, 5.74) is 0.654. The van der Waals surface area contributed by atoms with Gasteiger partial charge in [-0.05, 0) is 24.6 Å². The molecular formula is C14H16ClN3O3. The van der Waals surface area contributed by atoms with Crippen molar-refractivity contribution in [1.29, 1.82) is 0 Å². The number of carbonyl (C=O) groups is 3. The maximum Gasteiger partial charge on any atom is 0.253 e. The molecular weight excluding hydrogens is 294 g/mol. The van der Waals surface area contributed by atoms with Crippen LogP contribution >= 0.6 is 11.6 Å². The van der Waals surface area contributed by atoms with Crippen LogP contribution in [0, 0.1) is 0 Å². The van der Waals surface area contributed by atoms with Gasteiger partial charge >= 0.3 is 0 Å². The number of hydrogen-bond donors (Lipinski definition) is 2. The zero-order chi connectivity index (χ0) is 15.6. The van der Waals surface area contributed by atoms with Crippen LogP contribution in [0.4, 0.5) is 5.69 Å². The first-order valence-corrected chi connectivity index (χ1v) is 6.90. The molecule has 0 unspecified atom stereocenters. The number of nitrogens with zero attached hydrogens (tertiary/aromatic N) is 1. The number of likely N-dealkylation sites (tertiary alicyclic amines) is 1. The van der Waals surface area contributed by atoms with Crippen molar-refractivity contribution in [2.75, 3.05) is 19.4 Å². The molecule has 1 saturated heterocycles. The van der Waals surface area contributed by atoms with Crippen LogP contribution < -0.4 is 10.6 Å². The number of nitrogens with one attached hydrogen (secondary N) is 2. The maximum atomic E-state index is 12.3. The van der Waals surface area contributed by atoms with Crippen LogP contribution in [0.3, 0.4) is 0 Å². The van der Waals surface area contributed by atoms with Gasteiger partial charge in [-0.15, -0.1) is 0 Å². The summed E-state index contributed by atoms with van der Waals surface area (Å²) in [6.45, 7) is 0. The molecule has 21 heavy (non-hydrogen) atoms. The van der Waals surface area contributed by atoms with Crippen molar-refractivity contribution < 1.29 is 14.4 Å². The summed E-state index contributed by atoms with van der Waals surface area (Å²) < 4.78 is 0. The predicted molar refractivity (Wildman–Crippen MR) is 79.3 cm³/mol. The standard InChI is InChI=1S/C14H16ClN3O3/c1-16-13(20)9-4-3-8(15)7-10(9)17-14(21)11-5-6-12(19)18(11)2/h3-4,7,11H,5-6H2,1-2H3,(H,16,20)(H,17,21)/t11-/m1/s1. The minimum Gasteiger partial charge on any atom is -0.355 e. The first-order chi connectivity index (χ1) is 9.93. The quantitative estimate of drug-likeness (QED) is 0.882. The Kier molecular flexibility index (Phi) is 4.47. The molecule has 2 rings (SSSR count). The van der Waals surface area contributed by atoms with E-state index in [1.165, 1.54) is 18.0 Å². The van der Waals surface area contributed by atoms with Crippen LogP contribution in [0.25, 0.3) is 0 Å². The largest absolute Gasteiger partial charge is 0.355 e. The van der Waals surface area contributed by atoms with Crippen molar-refractivity contribution in [2.24, 2.45) is 0 Å². The van der Waals surface area contributed by atoms with Crippen LogP contribution in [0.5, 0.6) is 0 Å². The second-order valence-corrected chi connectivity index (χ2v) is 5.25. The molecule has 1 fully saturated rings. The van der Waals surface area contributed by atoms with Crippen LogP contribution in [0.2, 0.25) is 5.02 Å². The molecule has 7 heteroatoms. The molecule has 0 bridgehead atoms. The molecule has 112 valence electrons. The number of benzene rings is 1. The molecule has 0 aliphatic carbocycles. The third kappa shape index (κ3) is 3.16. The van der Waals surface area contributed by atoms with Crippen LogP contribution in [0.15, 0.2) is 18.2 Å². The number of carbonyl (C=O) groups excluding carboxylic acids is 3. The molecule has 2 N–H and O–H groups in total. The van der Waals surface area contributed by atoms with Gasteiger partial charge in [0.2, 0.25) is 11.8 Å². The minimum atomic E-state index is -0.519. The Morgan fingerprint density at radius 3 is 2.67 bits per heavy atom. The van der Waals surface area contributed by atoms with Crippen molar-refractivity contribution in [3.8, 4) is 0 Å². The van der Waals surface area contributed by atoms with E-state index in [9.17, 15) is 14.4 Å². The highest BCUT2D eigenvalue weighted by atomic mass is 35.5. The molecule has 1 aromatic rings. The molecule has 1 aliphatic heterocycles. The second kappa shape index (κ2) is 6.13. The van der Waals surface area contributed by atoms with Gasteiger partial charge in [-0.2, -0.15) is 0 Å². The van der Waals surface area contributed by atoms with Gasteiger partial charge in [0.05, 0.1) is 11.3 Å². The van der Waals surface area contributed by atoms with E-state index >= 15 is 0 Å². The summed E-state index contributed by atoms with van der Waals surface area (Å²) in [6, 6.07) is 4.11. The second-order valence-electron chi connectivity index (χ2n) is 4.82. The number of anilines is 1. The van der Waals surface area contributed by atoms with Gasteiger partial charge in [-0.1, -0.05) is 11.6 Å². The van der Waals surface area contributed by atoms with E-state index in [0.717, 1.165) is 0 Å². The van der Waals surface area contributed by atoms with E-state index in [4.69, 9.17) is 11.6 Å². The Hall–Kier alpha value is -2.08. The van der Waals surface area contributed by atoms with E-state index in [2.05, 4.69) is 10.6 Å². The number of hydrogen-bond acceptors (Lipinski definition) is 3. The summed E-state index contributed by atoms with van der Waals surface area (Å²) in [5, 5.41) is 5.59. The van der Waals surface area contributed by atoms with E-state index in [0.29, 0.717) is 29.1 Å². The first-order valence-electron chi connectivity index (χ1n) is 6.52. The predicted octanol–water partition coefficient (Wildman–Crippen LogP) is 1.26. The fourth-order valence-electron chi connectivity index (χ4n) is 2.28. The Morgan fingerprint density at radius 2 is 2.10 bits per heavy atom. The number of halogens is 1. The minimum absolute atomic E-state index is 0.0623. The lowest BCUT2D eigenvalue weighted by Crippen LogP contribution is -2.39. The third-order valence-corrected chi connectivity index (χ3v) is 3.74. The van der Waals surface area contributed by atoms with E-state index in [-0.39, 0.29) is 17.7 Å². The third-order valence-electron chi connectivity index (χ3n) is 3.51. The maximum absolute atomic E-state index is 12.3. The zero-order valence-corrected chi connectivity index (χ0v) is 12.5. The molecule has 1 heterocycles. The monoisotopic (exact) mass is 309 g/mol. The van der Waals surface area contributed by atoms with Crippen molar-refractivity contribution in [2.45, 2.75) is 18.9 Å². The summed E-state index contributed by atoms with van der Waals surface area (Å²) in [7, 11) is 3.10. The molecule has 1 aromatic carbocycles. The van der Waals surface area contributed by atoms with E-state index < -0.39 is 6.04 Å². The molecule has 1 aliphatic rings. The SMILES string of the molecule is CNC(=O)c1ccc(Cl)cc1NC(=O)[C@H]1CCC(=O)N1C. The van der Waals surface area contributed by atoms with Gasteiger partial charge in [0.15, 0.2) is 0 Å². The van der Waals surface area contributed by atoms with Crippen LogP contribution in [0.1, 0.15) is 23.2 Å². The van der Waals surface area contributed by atoms with Crippen LogP contribution in [-0.4, -0.2) is 42.8 Å². The summed E-state index contributed by atoms with van der Waals surface area (Å²) in [4.78, 5) is 37.0. The van der Waals surface area contributed by atoms with Gasteiger partial charge in [0, 0.05) is 25.5 Å². The summed E-state index contributed by atoms with van der Waals surface area (Å²) in [6.07, 6.45) is 0.823. The van der Waals surface area contributed by atoms with Gasteiger partial charge < -0.3 is 15.5 Å². The molecule has 0 radical (unpaired) electrons. The number of amides is 3. The van der Waals surface area contributed by atoms with Crippen molar-refractivity contribution >= 4 is 35.0 Å². The number of rotatable bonds is 3. The Labute approximate surface area is 127 Å². The molecule has 0 spiro atoms. The lowest BCUT2D eigenvalue weighted by Gasteiger charge is -2.20. The van der Waals surface area contributed by atoms with Gasteiger partial charge in [0.1, 0.15) is 6.04 Å². The Bertz CT molecular complexity index is 603. The van der Waals surface area contributed by atoms with Crippen molar-refractivity contribution in [3.63, 3.8) is 0 Å². The Balaban J connectivity index is 2.22. The van der Waals surface area contributed by atoms with Gasteiger partial charge in [-0.25, -0.2) is 0 Å². The van der Waals surface area contributed by atoms with E-state index in [1.54, 1.807) is 19.2 Å². The topological polar surface area (TPSA) is 78.5 Å². The highest BCUT2D eigenvalue weighted by molar-refractivity contribution is 6.31. The molecule has 0 aromatic heterocycles. The highest BCUT2D eigenvalue weighted by Gasteiger charge is 2.33. The smallest absolute Gasteiger partial charge is 0.253 e. The molecule has 1 atom stereocenters. The van der Waals surface area contributed by atoms with E-state index in [1.807, 2.05) is 0 Å². The van der Waals surface area contributed by atoms with Crippen LogP contribution in [-0.2, 0) is 9.59 Å². The lowest BCUT2D eigenvalue weighted by molar-refractivity contribution is -0.131. The lowest BCUT2D eigenvalue weighted by atomic mass is 10.1. The molecule has 0 saturated carbocycles. The zero-order valence-electron chi connectivity index (χ0n) is 11.8. The summed E-state index contributed by atoms with van der Waals surface area (Å²) >= 11 is 5.91. The Morgan fingerprint density at radius 1 is 1.38 bits per heavy atom. The van der Waals surface area contributed by atoms with Gasteiger partial charge in [0.25, 0.3) is 5.91 Å². The first kappa shape index (κ1) is 15.3. The number of likely N-dealkylation sites (N-methyl/N-ethyl adjacent to an activating group) is 1. The highest BCUT2D eigenvalue weighted by Crippen LogP contribution is 2.23. The fourth-order valence-corrected chi connectivity index (χ4v) is 2.45. The molecule has 3 amide bonds. The average Bonchev–Trinajstić information content (AvgIpc) is 2.78.